The highest BCUT2D eigenvalue weighted by molar-refractivity contribution is 5.86. The number of nitrogens with zero attached hydrogens (tertiary/aromatic N) is 2. The number of ether oxygens (including phenoxy) is 2. The van der Waals surface area contributed by atoms with Gasteiger partial charge in [0.25, 0.3) is 5.56 Å². The molecule has 2 N–H and O–H groups in total. The van der Waals surface area contributed by atoms with Crippen LogP contribution in [0.1, 0.15) is 54.1 Å². The Bertz CT molecular complexity index is 1400. The van der Waals surface area contributed by atoms with Gasteiger partial charge in [-0.15, -0.1) is 0 Å². The highest BCUT2D eigenvalue weighted by atomic mass is 16.5. The van der Waals surface area contributed by atoms with Crippen LogP contribution in [0, 0.1) is 0 Å². The van der Waals surface area contributed by atoms with Gasteiger partial charge in [-0.2, -0.15) is 0 Å². The van der Waals surface area contributed by atoms with Crippen molar-refractivity contribution in [2.24, 2.45) is 0 Å². The van der Waals surface area contributed by atoms with Crippen molar-refractivity contribution in [2.45, 2.75) is 38.0 Å². The third kappa shape index (κ3) is 4.14. The fourth-order valence-corrected chi connectivity index (χ4v) is 4.61. The summed E-state index contributed by atoms with van der Waals surface area (Å²) in [6.45, 7) is 0. The Balaban J connectivity index is 1.56. The van der Waals surface area contributed by atoms with Crippen molar-refractivity contribution in [1.82, 2.24) is 14.6 Å². The molecule has 0 aliphatic heterocycles. The SMILES string of the molecule is COc1cccc(Oc2ccc(-c3nc4cc(C(=O)O)[nH]n4c(=O)c3C3CCCCC3)cc2)c1. The predicted molar refractivity (Wildman–Crippen MR) is 127 cm³/mol. The summed E-state index contributed by atoms with van der Waals surface area (Å²) < 4.78 is 12.4. The molecule has 2 aromatic carbocycles. The summed E-state index contributed by atoms with van der Waals surface area (Å²) in [4.78, 5) is 29.7. The number of carboxylic acid groups (broad SMARTS) is 1. The highest BCUT2D eigenvalue weighted by Gasteiger charge is 2.26. The van der Waals surface area contributed by atoms with Gasteiger partial charge in [-0.1, -0.05) is 25.3 Å². The van der Waals surface area contributed by atoms with E-state index in [0.29, 0.717) is 28.5 Å². The highest BCUT2D eigenvalue weighted by Crippen LogP contribution is 2.36. The molecule has 1 saturated carbocycles. The monoisotopic (exact) mass is 459 g/mol. The number of aromatic nitrogens is 3. The molecule has 0 radical (unpaired) electrons. The molecule has 0 saturated heterocycles. The van der Waals surface area contributed by atoms with E-state index in [9.17, 15) is 14.7 Å². The van der Waals surface area contributed by atoms with E-state index in [0.717, 1.165) is 37.7 Å². The lowest BCUT2D eigenvalue weighted by Crippen LogP contribution is -2.25. The van der Waals surface area contributed by atoms with Crippen LogP contribution in [-0.2, 0) is 0 Å². The van der Waals surface area contributed by atoms with Gasteiger partial charge >= 0.3 is 5.97 Å². The summed E-state index contributed by atoms with van der Waals surface area (Å²) >= 11 is 0. The average molecular weight is 460 g/mol. The van der Waals surface area contributed by atoms with E-state index in [1.54, 1.807) is 13.2 Å². The van der Waals surface area contributed by atoms with E-state index in [1.807, 2.05) is 42.5 Å². The number of rotatable bonds is 6. The minimum atomic E-state index is -1.13. The molecule has 34 heavy (non-hydrogen) atoms. The number of hydrogen-bond acceptors (Lipinski definition) is 5. The van der Waals surface area contributed by atoms with E-state index in [4.69, 9.17) is 14.5 Å². The minimum Gasteiger partial charge on any atom is -0.497 e. The van der Waals surface area contributed by atoms with E-state index < -0.39 is 5.97 Å². The second-order valence-electron chi connectivity index (χ2n) is 8.49. The maximum Gasteiger partial charge on any atom is 0.353 e. The second-order valence-corrected chi connectivity index (χ2v) is 8.49. The first-order chi connectivity index (χ1) is 16.5. The fourth-order valence-electron chi connectivity index (χ4n) is 4.61. The number of hydrogen-bond donors (Lipinski definition) is 2. The Morgan fingerprint density at radius 2 is 1.76 bits per heavy atom. The van der Waals surface area contributed by atoms with Gasteiger partial charge in [-0.25, -0.2) is 14.3 Å². The van der Waals surface area contributed by atoms with Gasteiger partial charge in [0, 0.05) is 23.3 Å². The number of carbonyl (C=O) groups is 1. The van der Waals surface area contributed by atoms with Crippen LogP contribution in [0.5, 0.6) is 17.2 Å². The normalized spacial score (nSPS) is 14.3. The number of methoxy groups -OCH3 is 1. The Morgan fingerprint density at radius 1 is 1.03 bits per heavy atom. The third-order valence-electron chi connectivity index (χ3n) is 6.30. The summed E-state index contributed by atoms with van der Waals surface area (Å²) in [5.41, 5.74) is 2.00. The van der Waals surface area contributed by atoms with Crippen molar-refractivity contribution in [2.75, 3.05) is 7.11 Å². The van der Waals surface area contributed by atoms with Crippen LogP contribution in [0.15, 0.2) is 59.4 Å². The number of nitrogens with one attached hydrogen (secondary N) is 1. The van der Waals surface area contributed by atoms with Gasteiger partial charge in [0.2, 0.25) is 0 Å². The molecule has 174 valence electrons. The van der Waals surface area contributed by atoms with E-state index in [1.165, 1.54) is 10.6 Å². The van der Waals surface area contributed by atoms with Crippen LogP contribution in [0.25, 0.3) is 16.9 Å². The molecular weight excluding hydrogens is 434 g/mol. The first-order valence-corrected chi connectivity index (χ1v) is 11.3. The number of aromatic amines is 1. The zero-order valence-electron chi connectivity index (χ0n) is 18.8. The van der Waals surface area contributed by atoms with Crippen LogP contribution in [-0.4, -0.2) is 32.8 Å². The molecule has 1 fully saturated rings. The molecule has 0 spiro atoms. The summed E-state index contributed by atoms with van der Waals surface area (Å²) in [6.07, 6.45) is 5.11. The second kappa shape index (κ2) is 9.05. The Labute approximate surface area is 195 Å². The number of aromatic carboxylic acids is 1. The summed E-state index contributed by atoms with van der Waals surface area (Å²) in [5, 5.41) is 12.0. The minimum absolute atomic E-state index is 0.0709. The first kappa shape index (κ1) is 21.8. The van der Waals surface area contributed by atoms with Crippen LogP contribution < -0.4 is 15.0 Å². The van der Waals surface area contributed by atoms with Crippen molar-refractivity contribution < 1.29 is 19.4 Å². The largest absolute Gasteiger partial charge is 0.497 e. The molecule has 0 unspecified atom stereocenters. The van der Waals surface area contributed by atoms with Gasteiger partial charge in [0.1, 0.15) is 22.9 Å². The molecule has 1 aliphatic rings. The van der Waals surface area contributed by atoms with Crippen molar-refractivity contribution in [3.8, 4) is 28.5 Å². The Kier molecular flexibility index (Phi) is 5.79. The molecule has 2 heterocycles. The van der Waals surface area contributed by atoms with E-state index in [2.05, 4.69) is 5.10 Å². The molecule has 2 aromatic heterocycles. The molecule has 5 rings (SSSR count). The molecule has 4 aromatic rings. The van der Waals surface area contributed by atoms with Gasteiger partial charge in [0.15, 0.2) is 5.65 Å². The van der Waals surface area contributed by atoms with Crippen molar-refractivity contribution >= 4 is 11.6 Å². The molecule has 8 heteroatoms. The quantitative estimate of drug-likeness (QED) is 0.409. The van der Waals surface area contributed by atoms with E-state index >= 15 is 0 Å². The fraction of sp³-hybridized carbons (Fsp3) is 0.269. The summed E-state index contributed by atoms with van der Waals surface area (Å²) in [5.74, 6) is 0.955. The Hall–Kier alpha value is -4.07. The zero-order chi connectivity index (χ0) is 23.7. The van der Waals surface area contributed by atoms with Gasteiger partial charge in [0.05, 0.1) is 12.8 Å². The van der Waals surface area contributed by atoms with Gasteiger partial charge in [-0.3, -0.25) is 9.89 Å². The summed E-state index contributed by atoms with van der Waals surface area (Å²) in [7, 11) is 1.61. The van der Waals surface area contributed by atoms with E-state index in [-0.39, 0.29) is 22.8 Å². The van der Waals surface area contributed by atoms with Crippen LogP contribution in [0.4, 0.5) is 0 Å². The first-order valence-electron chi connectivity index (χ1n) is 11.3. The molecular formula is C26H25N3O5. The number of fused-ring (bicyclic) bond motifs is 1. The molecule has 0 amide bonds. The lowest BCUT2D eigenvalue weighted by Gasteiger charge is -2.23. The maximum absolute atomic E-state index is 13.5. The molecule has 0 bridgehead atoms. The lowest BCUT2D eigenvalue weighted by atomic mass is 9.83. The number of benzene rings is 2. The standard InChI is InChI=1S/C26H25N3O5/c1-33-19-8-5-9-20(14-19)34-18-12-10-17(11-13-18)24-23(16-6-3-2-4-7-16)25(30)29-22(27-24)15-21(28-29)26(31)32/h5,8-16,28H,2-4,6-7H2,1H3,(H,31,32). The predicted octanol–water partition coefficient (Wildman–Crippen LogP) is 5.24. The average Bonchev–Trinajstić information content (AvgIpc) is 3.30. The lowest BCUT2D eigenvalue weighted by molar-refractivity contribution is 0.0690. The maximum atomic E-state index is 13.5. The molecule has 1 aliphatic carbocycles. The number of carboxylic acids is 1. The number of H-pyrrole nitrogens is 1. The summed E-state index contributed by atoms with van der Waals surface area (Å²) in [6, 6.07) is 16.2. The van der Waals surface area contributed by atoms with Crippen LogP contribution >= 0.6 is 0 Å². The van der Waals surface area contributed by atoms with Crippen LogP contribution in [0.3, 0.4) is 0 Å². The topological polar surface area (TPSA) is 106 Å². The molecule has 8 nitrogen and oxygen atoms in total. The zero-order valence-corrected chi connectivity index (χ0v) is 18.8. The Morgan fingerprint density at radius 3 is 2.47 bits per heavy atom. The van der Waals surface area contributed by atoms with Gasteiger partial charge in [-0.05, 0) is 55.2 Å². The van der Waals surface area contributed by atoms with Crippen molar-refractivity contribution in [1.29, 1.82) is 0 Å². The smallest absolute Gasteiger partial charge is 0.353 e. The third-order valence-corrected chi connectivity index (χ3v) is 6.30. The van der Waals surface area contributed by atoms with Crippen molar-refractivity contribution in [3.63, 3.8) is 0 Å². The van der Waals surface area contributed by atoms with Crippen molar-refractivity contribution in [3.05, 3.63) is 76.2 Å². The van der Waals surface area contributed by atoms with Crippen LogP contribution in [0.2, 0.25) is 0 Å². The van der Waals surface area contributed by atoms with Gasteiger partial charge < -0.3 is 14.6 Å². The molecule has 0 atom stereocenters.